The van der Waals surface area contributed by atoms with Crippen LogP contribution < -0.4 is 0 Å². The zero-order valence-corrected chi connectivity index (χ0v) is 12.4. The molecular formula is C11H11ClN2O3S2. The molecule has 0 aliphatic heterocycles. The van der Waals surface area contributed by atoms with Crippen molar-refractivity contribution in [2.45, 2.75) is 11.8 Å². The highest BCUT2D eigenvalue weighted by Crippen LogP contribution is 2.24. The third-order valence-electron chi connectivity index (χ3n) is 2.54. The maximum atomic E-state index is 12.7. The van der Waals surface area contributed by atoms with Gasteiger partial charge in [0.1, 0.15) is 0 Å². The number of hydrogen-bond acceptors (Lipinski definition) is 4. The highest BCUT2D eigenvalue weighted by Gasteiger charge is 2.18. The van der Waals surface area contributed by atoms with Gasteiger partial charge in [-0.2, -0.15) is 8.42 Å². The van der Waals surface area contributed by atoms with E-state index < -0.39 is 19.0 Å². The molecule has 1 aromatic carbocycles. The van der Waals surface area contributed by atoms with Crippen molar-refractivity contribution in [3.05, 3.63) is 36.5 Å². The Morgan fingerprint density at radius 2 is 1.89 bits per heavy atom. The first kappa shape index (κ1) is 14.2. The van der Waals surface area contributed by atoms with Gasteiger partial charge >= 0.3 is 9.24 Å². The highest BCUT2D eigenvalue weighted by molar-refractivity contribution is 8.17. The molecule has 1 aromatic heterocycles. The first-order chi connectivity index (χ1) is 8.86. The van der Waals surface area contributed by atoms with Crippen LogP contribution >= 0.6 is 10.7 Å². The second-order valence-electron chi connectivity index (χ2n) is 3.75. The van der Waals surface area contributed by atoms with E-state index in [2.05, 4.69) is 8.75 Å². The number of fused-ring (bicyclic) bond motifs is 1. The third-order valence-corrected chi connectivity index (χ3v) is 6.52. The van der Waals surface area contributed by atoms with Gasteiger partial charge in [-0.05, 0) is 12.1 Å². The number of rotatable bonds is 3. The van der Waals surface area contributed by atoms with Gasteiger partial charge in [-0.25, -0.2) is 4.21 Å². The topological polar surface area (TPSA) is 76.5 Å². The van der Waals surface area contributed by atoms with Crippen molar-refractivity contribution in [1.82, 2.24) is 4.98 Å². The molecule has 8 heteroatoms. The van der Waals surface area contributed by atoms with Crippen LogP contribution in [0.4, 0.5) is 0 Å². The minimum Gasteiger partial charge on any atom is -0.255 e. The molecule has 0 radical (unpaired) electrons. The van der Waals surface area contributed by atoms with E-state index in [1.54, 1.807) is 43.5 Å². The number of para-hydroxylation sites is 1. The summed E-state index contributed by atoms with van der Waals surface area (Å²) in [5.74, 6) is 0.0363. The number of hydrogen-bond donors (Lipinski definition) is 0. The van der Waals surface area contributed by atoms with Gasteiger partial charge in [-0.15, -0.1) is 0 Å². The van der Waals surface area contributed by atoms with Gasteiger partial charge in [-0.1, -0.05) is 28.9 Å². The van der Waals surface area contributed by atoms with Crippen LogP contribution in [0.5, 0.6) is 0 Å². The molecule has 0 saturated heterocycles. The predicted molar refractivity (Wildman–Crippen MR) is 75.9 cm³/mol. The normalized spacial score (nSPS) is 15.1. The lowest BCUT2D eigenvalue weighted by Crippen LogP contribution is -2.07. The molecule has 2 aromatic rings. The Morgan fingerprint density at radius 1 is 1.21 bits per heavy atom. The van der Waals surface area contributed by atoms with E-state index in [9.17, 15) is 12.6 Å². The molecular weight excluding hydrogens is 308 g/mol. The molecule has 102 valence electrons. The van der Waals surface area contributed by atoms with Crippen molar-refractivity contribution >= 4 is 40.6 Å². The Hall–Kier alpha value is -1.18. The fraction of sp³-hybridized carbons (Fsp3) is 0.182. The van der Waals surface area contributed by atoms with E-state index in [0.29, 0.717) is 5.52 Å². The first-order valence-corrected chi connectivity index (χ1v) is 9.35. The molecule has 0 N–H and O–H groups in total. The molecule has 0 spiro atoms. The van der Waals surface area contributed by atoms with Crippen LogP contribution in [-0.4, -0.2) is 23.4 Å². The molecule has 1 heterocycles. The van der Waals surface area contributed by atoms with Gasteiger partial charge < -0.3 is 0 Å². The maximum Gasteiger partial charge on any atom is 0.347 e. The summed E-state index contributed by atoms with van der Waals surface area (Å²) in [7, 11) is -2.26. The third kappa shape index (κ3) is 3.05. The number of benzene rings is 1. The molecule has 1 unspecified atom stereocenters. The summed E-state index contributed by atoms with van der Waals surface area (Å²) < 4.78 is 38.2. The van der Waals surface area contributed by atoms with Crippen LogP contribution in [0.15, 0.2) is 45.2 Å². The van der Waals surface area contributed by atoms with Gasteiger partial charge in [0.15, 0.2) is 0 Å². The Bertz CT molecular complexity index is 835. The monoisotopic (exact) mass is 318 g/mol. The lowest BCUT2D eigenvalue weighted by molar-refractivity contribution is 0.611. The van der Waals surface area contributed by atoms with E-state index in [1.165, 1.54) is 0 Å². The highest BCUT2D eigenvalue weighted by atomic mass is 35.7. The largest absolute Gasteiger partial charge is 0.347 e. The smallest absolute Gasteiger partial charge is 0.255 e. The van der Waals surface area contributed by atoms with Gasteiger partial charge in [-0.3, -0.25) is 4.98 Å². The number of halogens is 1. The Morgan fingerprint density at radius 3 is 2.53 bits per heavy atom. The average molecular weight is 319 g/mol. The van der Waals surface area contributed by atoms with E-state index in [4.69, 9.17) is 10.7 Å². The standard InChI is InChI=1S/C11H11ClN2O3S2/c1-2-18(15,14-19(12,16)17)10-7-3-5-9-6-4-8-13-11(9)10/h3-8H,2H2,1H3. The fourth-order valence-corrected chi connectivity index (χ4v) is 5.51. The maximum absolute atomic E-state index is 12.7. The van der Waals surface area contributed by atoms with Crippen molar-refractivity contribution in [3.8, 4) is 0 Å². The molecule has 0 saturated carbocycles. The van der Waals surface area contributed by atoms with E-state index >= 15 is 0 Å². The van der Waals surface area contributed by atoms with E-state index in [1.807, 2.05) is 0 Å². The zero-order valence-electron chi connectivity index (χ0n) is 9.98. The van der Waals surface area contributed by atoms with Crippen LogP contribution in [0.3, 0.4) is 0 Å². The summed E-state index contributed by atoms with van der Waals surface area (Å²) in [5, 5.41) is 0.767. The Balaban J connectivity index is 2.88. The van der Waals surface area contributed by atoms with Crippen LogP contribution in [-0.2, 0) is 19.0 Å². The van der Waals surface area contributed by atoms with Crippen molar-refractivity contribution in [2.75, 3.05) is 5.75 Å². The van der Waals surface area contributed by atoms with Crippen LogP contribution in [0.1, 0.15) is 6.92 Å². The van der Waals surface area contributed by atoms with Crippen molar-refractivity contribution in [3.63, 3.8) is 0 Å². The number of aromatic nitrogens is 1. The van der Waals surface area contributed by atoms with Gasteiger partial charge in [0.25, 0.3) is 0 Å². The summed E-state index contributed by atoms with van der Waals surface area (Å²) in [6.45, 7) is 1.59. The summed E-state index contributed by atoms with van der Waals surface area (Å²) in [5.41, 5.74) is 0.473. The van der Waals surface area contributed by atoms with Gasteiger partial charge in [0, 0.05) is 28.0 Å². The fourth-order valence-electron chi connectivity index (χ4n) is 1.73. The summed E-state index contributed by atoms with van der Waals surface area (Å²) in [4.78, 5) is 4.44. The number of pyridine rings is 1. The molecule has 2 rings (SSSR count). The van der Waals surface area contributed by atoms with E-state index in [0.717, 1.165) is 5.39 Å². The SMILES string of the molecule is CCS(=O)(=NS(=O)(=O)Cl)c1cccc2cccnc12. The Labute approximate surface area is 116 Å². The predicted octanol–water partition coefficient (Wildman–Crippen LogP) is 2.57. The second kappa shape index (κ2) is 5.07. The van der Waals surface area contributed by atoms with Crippen LogP contribution in [0.25, 0.3) is 10.9 Å². The summed E-state index contributed by atoms with van der Waals surface area (Å²) in [6.07, 6.45) is 1.55. The van der Waals surface area contributed by atoms with Crippen LogP contribution in [0, 0.1) is 0 Å². The zero-order chi connectivity index (χ0) is 14.1. The minimum absolute atomic E-state index is 0.0363. The van der Waals surface area contributed by atoms with E-state index in [-0.39, 0.29) is 10.6 Å². The molecule has 0 fully saturated rings. The molecule has 0 amide bonds. The average Bonchev–Trinajstić information content (AvgIpc) is 2.36. The molecule has 0 bridgehead atoms. The van der Waals surface area contributed by atoms with Crippen molar-refractivity contribution in [2.24, 2.45) is 3.77 Å². The lowest BCUT2D eigenvalue weighted by atomic mass is 10.2. The molecule has 1 atom stereocenters. The summed E-state index contributed by atoms with van der Waals surface area (Å²) >= 11 is 0. The second-order valence-corrected chi connectivity index (χ2v) is 8.64. The van der Waals surface area contributed by atoms with Crippen molar-refractivity contribution < 1.29 is 12.6 Å². The Kier molecular flexibility index (Phi) is 3.80. The van der Waals surface area contributed by atoms with Crippen LogP contribution in [0.2, 0.25) is 0 Å². The molecule has 5 nitrogen and oxygen atoms in total. The minimum atomic E-state index is -4.22. The molecule has 19 heavy (non-hydrogen) atoms. The quantitative estimate of drug-likeness (QED) is 0.815. The lowest BCUT2D eigenvalue weighted by Gasteiger charge is -2.09. The van der Waals surface area contributed by atoms with Crippen molar-refractivity contribution in [1.29, 1.82) is 0 Å². The van der Waals surface area contributed by atoms with Gasteiger partial charge in [0.05, 0.1) is 20.1 Å². The molecule has 0 aliphatic rings. The first-order valence-electron chi connectivity index (χ1n) is 5.40. The number of nitrogens with zero attached hydrogens (tertiary/aromatic N) is 2. The molecule has 0 aliphatic carbocycles. The van der Waals surface area contributed by atoms with Gasteiger partial charge in [0.2, 0.25) is 0 Å². The summed E-state index contributed by atoms with van der Waals surface area (Å²) in [6, 6.07) is 8.60.